The van der Waals surface area contributed by atoms with Crippen molar-refractivity contribution in [1.29, 1.82) is 0 Å². The molecule has 0 fully saturated rings. The summed E-state index contributed by atoms with van der Waals surface area (Å²) in [6.45, 7) is 0.338. The van der Waals surface area contributed by atoms with Crippen LogP contribution in [0.25, 0.3) is 0 Å². The number of hydrogen-bond acceptors (Lipinski definition) is 2. The summed E-state index contributed by atoms with van der Waals surface area (Å²) in [6, 6.07) is 12.5. The molecular formula is C15H14Cl2N2OS. The second-order valence-electron chi connectivity index (χ2n) is 4.27. The highest BCUT2D eigenvalue weighted by atomic mass is 35.5. The van der Waals surface area contributed by atoms with Crippen LogP contribution in [0.1, 0.15) is 5.56 Å². The fourth-order valence-corrected chi connectivity index (χ4v) is 2.57. The highest BCUT2D eigenvalue weighted by Crippen LogP contribution is 2.21. The van der Waals surface area contributed by atoms with Crippen molar-refractivity contribution in [3.05, 3.63) is 58.1 Å². The van der Waals surface area contributed by atoms with Gasteiger partial charge in [-0.15, -0.1) is 11.8 Å². The zero-order valence-electron chi connectivity index (χ0n) is 11.3. The van der Waals surface area contributed by atoms with Gasteiger partial charge in [0.25, 0.3) is 0 Å². The molecule has 2 N–H and O–H groups in total. The van der Waals surface area contributed by atoms with Gasteiger partial charge >= 0.3 is 6.03 Å². The number of thioether (sulfide) groups is 1. The van der Waals surface area contributed by atoms with Crippen LogP contribution in [0.3, 0.4) is 0 Å². The zero-order valence-corrected chi connectivity index (χ0v) is 13.6. The number of carbonyl (C=O) groups is 1. The van der Waals surface area contributed by atoms with Gasteiger partial charge in [0.15, 0.2) is 0 Å². The van der Waals surface area contributed by atoms with E-state index < -0.39 is 0 Å². The lowest BCUT2D eigenvalue weighted by Crippen LogP contribution is -2.28. The average Bonchev–Trinajstić information content (AvgIpc) is 2.47. The maximum Gasteiger partial charge on any atom is 0.319 e. The molecule has 2 rings (SSSR count). The minimum atomic E-state index is -0.280. The number of benzene rings is 2. The van der Waals surface area contributed by atoms with E-state index in [1.807, 2.05) is 30.5 Å². The van der Waals surface area contributed by atoms with Gasteiger partial charge in [-0.25, -0.2) is 4.79 Å². The normalized spacial score (nSPS) is 10.2. The largest absolute Gasteiger partial charge is 0.334 e. The topological polar surface area (TPSA) is 41.1 Å². The molecule has 0 aliphatic heterocycles. The molecule has 0 atom stereocenters. The molecule has 2 amide bonds. The van der Waals surface area contributed by atoms with Crippen LogP contribution in [0.4, 0.5) is 10.5 Å². The summed E-state index contributed by atoms with van der Waals surface area (Å²) < 4.78 is 0. The van der Waals surface area contributed by atoms with Crippen LogP contribution >= 0.6 is 35.0 Å². The van der Waals surface area contributed by atoms with Crippen molar-refractivity contribution in [3.8, 4) is 0 Å². The predicted molar refractivity (Wildman–Crippen MR) is 90.5 cm³/mol. The van der Waals surface area contributed by atoms with Crippen molar-refractivity contribution in [1.82, 2.24) is 5.32 Å². The van der Waals surface area contributed by atoms with E-state index >= 15 is 0 Å². The van der Waals surface area contributed by atoms with E-state index in [2.05, 4.69) is 10.6 Å². The summed E-state index contributed by atoms with van der Waals surface area (Å²) in [7, 11) is 0. The number of hydrogen-bond donors (Lipinski definition) is 2. The third-order valence-electron chi connectivity index (χ3n) is 2.80. The fourth-order valence-electron chi connectivity index (χ4n) is 1.69. The molecule has 0 unspecified atom stereocenters. The molecule has 6 heteroatoms. The molecule has 2 aromatic rings. The number of carbonyl (C=O) groups excluding carboxylic acids is 1. The molecule has 0 aromatic heterocycles. The predicted octanol–water partition coefficient (Wildman–Crippen LogP) is 5.04. The number of amides is 2. The number of halogens is 2. The van der Waals surface area contributed by atoms with Crippen LogP contribution in [0.5, 0.6) is 0 Å². The number of rotatable bonds is 4. The van der Waals surface area contributed by atoms with Crippen molar-refractivity contribution < 1.29 is 4.79 Å². The molecule has 0 aliphatic carbocycles. The van der Waals surface area contributed by atoms with E-state index in [4.69, 9.17) is 23.2 Å². The first-order valence-corrected chi connectivity index (χ1v) is 8.19. The van der Waals surface area contributed by atoms with Gasteiger partial charge in [-0.05, 0) is 48.2 Å². The Kier molecular flexibility index (Phi) is 5.79. The van der Waals surface area contributed by atoms with Gasteiger partial charge < -0.3 is 10.6 Å². The highest BCUT2D eigenvalue weighted by molar-refractivity contribution is 7.98. The Morgan fingerprint density at radius 1 is 1.14 bits per heavy atom. The van der Waals surface area contributed by atoms with Crippen molar-refractivity contribution in [2.24, 2.45) is 0 Å². The van der Waals surface area contributed by atoms with Gasteiger partial charge in [0.2, 0.25) is 0 Å². The van der Waals surface area contributed by atoms with Crippen molar-refractivity contribution in [2.45, 2.75) is 11.4 Å². The van der Waals surface area contributed by atoms with E-state index in [0.717, 1.165) is 16.1 Å². The molecule has 2 aromatic carbocycles. The Hall–Kier alpha value is -1.36. The Labute approximate surface area is 138 Å². The molecule has 3 nitrogen and oxygen atoms in total. The highest BCUT2D eigenvalue weighted by Gasteiger charge is 2.05. The third kappa shape index (κ3) is 4.84. The average molecular weight is 341 g/mol. The van der Waals surface area contributed by atoms with Crippen LogP contribution in [0, 0.1) is 0 Å². The first kappa shape index (κ1) is 16.0. The van der Waals surface area contributed by atoms with Gasteiger partial charge in [-0.3, -0.25) is 0 Å². The van der Waals surface area contributed by atoms with Gasteiger partial charge in [0.05, 0.1) is 0 Å². The second-order valence-corrected chi connectivity index (χ2v) is 6.00. The van der Waals surface area contributed by atoms with E-state index in [0.29, 0.717) is 16.6 Å². The van der Waals surface area contributed by atoms with Crippen molar-refractivity contribution >= 4 is 46.7 Å². The maximum absolute atomic E-state index is 11.8. The van der Waals surface area contributed by atoms with E-state index in [-0.39, 0.29) is 6.03 Å². The van der Waals surface area contributed by atoms with Crippen LogP contribution in [0.2, 0.25) is 10.0 Å². The SMILES string of the molecule is CSc1ccc(NC(=O)NCc2ccc(Cl)cc2Cl)cc1. The summed E-state index contributed by atoms with van der Waals surface area (Å²) in [5, 5.41) is 6.63. The van der Waals surface area contributed by atoms with Crippen LogP contribution in [0.15, 0.2) is 47.4 Å². The van der Waals surface area contributed by atoms with Gasteiger partial charge in [-0.2, -0.15) is 0 Å². The van der Waals surface area contributed by atoms with Crippen LogP contribution < -0.4 is 10.6 Å². The molecule has 0 spiro atoms. The van der Waals surface area contributed by atoms with E-state index in [1.54, 1.807) is 30.0 Å². The summed E-state index contributed by atoms with van der Waals surface area (Å²) in [6.07, 6.45) is 2.00. The molecule has 21 heavy (non-hydrogen) atoms. The lowest BCUT2D eigenvalue weighted by atomic mass is 10.2. The van der Waals surface area contributed by atoms with Gasteiger partial charge in [0, 0.05) is 27.2 Å². The lowest BCUT2D eigenvalue weighted by molar-refractivity contribution is 0.251. The summed E-state index contributed by atoms with van der Waals surface area (Å²) in [5.41, 5.74) is 1.56. The van der Waals surface area contributed by atoms with E-state index in [1.165, 1.54) is 0 Å². The molecule has 0 saturated carbocycles. The molecule has 0 saturated heterocycles. The minimum Gasteiger partial charge on any atom is -0.334 e. The number of urea groups is 1. The smallest absolute Gasteiger partial charge is 0.319 e. The van der Waals surface area contributed by atoms with Crippen LogP contribution in [-0.4, -0.2) is 12.3 Å². The summed E-state index contributed by atoms with van der Waals surface area (Å²) in [5.74, 6) is 0. The molecule has 0 heterocycles. The van der Waals surface area contributed by atoms with Gasteiger partial charge in [-0.1, -0.05) is 29.3 Å². The first-order chi connectivity index (χ1) is 10.1. The van der Waals surface area contributed by atoms with Crippen LogP contribution in [-0.2, 0) is 6.54 Å². The Morgan fingerprint density at radius 2 is 1.86 bits per heavy atom. The lowest BCUT2D eigenvalue weighted by Gasteiger charge is -2.09. The molecule has 0 radical (unpaired) electrons. The Morgan fingerprint density at radius 3 is 2.48 bits per heavy atom. The summed E-state index contributed by atoms with van der Waals surface area (Å²) in [4.78, 5) is 13.0. The molecule has 110 valence electrons. The Balaban J connectivity index is 1.89. The minimum absolute atomic E-state index is 0.280. The monoisotopic (exact) mass is 340 g/mol. The standard InChI is InChI=1S/C15H14Cl2N2OS/c1-21-13-6-4-12(5-7-13)19-15(20)18-9-10-2-3-11(16)8-14(10)17/h2-8H,9H2,1H3,(H2,18,19,20). The second kappa shape index (κ2) is 7.59. The molecule has 0 aliphatic rings. The quantitative estimate of drug-likeness (QED) is 0.765. The molecule has 0 bridgehead atoms. The Bertz CT molecular complexity index is 632. The van der Waals surface area contributed by atoms with Crippen molar-refractivity contribution in [2.75, 3.05) is 11.6 Å². The zero-order chi connectivity index (χ0) is 15.2. The first-order valence-electron chi connectivity index (χ1n) is 6.21. The third-order valence-corrected chi connectivity index (χ3v) is 4.13. The summed E-state index contributed by atoms with van der Waals surface area (Å²) >= 11 is 13.5. The fraction of sp³-hybridized carbons (Fsp3) is 0.133. The van der Waals surface area contributed by atoms with Gasteiger partial charge in [0.1, 0.15) is 0 Å². The molecular weight excluding hydrogens is 327 g/mol. The van der Waals surface area contributed by atoms with E-state index in [9.17, 15) is 4.79 Å². The van der Waals surface area contributed by atoms with Crippen molar-refractivity contribution in [3.63, 3.8) is 0 Å². The number of anilines is 1. The number of nitrogens with one attached hydrogen (secondary N) is 2. The maximum atomic E-state index is 11.8.